The van der Waals surface area contributed by atoms with Crippen molar-refractivity contribution < 1.29 is 23.1 Å². The number of thiazole rings is 1. The summed E-state index contributed by atoms with van der Waals surface area (Å²) in [5.74, 6) is -1.41. The molecule has 0 aliphatic heterocycles. The van der Waals surface area contributed by atoms with Gasteiger partial charge in [-0.1, -0.05) is 0 Å². The molecule has 1 aliphatic rings. The van der Waals surface area contributed by atoms with Gasteiger partial charge in [0.15, 0.2) is 5.69 Å². The standard InChI is InChI=1S/C16H17N3O5S2/c20-15(17-8-7-14-18-13(9-25-14)16(21)22)10-1-5-12(6-2-10)26(23,24)19-11-3-4-11/h1-2,5-6,9,11,19H,3-4,7-8H2,(H,17,20)(H,21,22). The monoisotopic (exact) mass is 395 g/mol. The Morgan fingerprint density at radius 2 is 1.92 bits per heavy atom. The van der Waals surface area contributed by atoms with Gasteiger partial charge < -0.3 is 10.4 Å². The highest BCUT2D eigenvalue weighted by Gasteiger charge is 2.27. The Bertz CT molecular complexity index is 918. The summed E-state index contributed by atoms with van der Waals surface area (Å²) in [5, 5.41) is 13.6. The largest absolute Gasteiger partial charge is 0.476 e. The molecule has 0 spiro atoms. The summed E-state index contributed by atoms with van der Waals surface area (Å²) in [5.41, 5.74) is 0.341. The van der Waals surface area contributed by atoms with Crippen molar-refractivity contribution in [3.63, 3.8) is 0 Å². The molecule has 2 aromatic rings. The minimum absolute atomic E-state index is 0.00654. The lowest BCUT2D eigenvalue weighted by atomic mass is 10.2. The number of aromatic carboxylic acids is 1. The van der Waals surface area contributed by atoms with E-state index in [1.807, 2.05) is 0 Å². The molecule has 8 nitrogen and oxygen atoms in total. The second-order valence-electron chi connectivity index (χ2n) is 5.86. The molecule has 1 aromatic heterocycles. The zero-order chi connectivity index (χ0) is 18.7. The fraction of sp³-hybridized carbons (Fsp3) is 0.312. The van der Waals surface area contributed by atoms with E-state index in [9.17, 15) is 18.0 Å². The third-order valence-electron chi connectivity index (χ3n) is 3.72. The van der Waals surface area contributed by atoms with Crippen LogP contribution in [0.5, 0.6) is 0 Å². The van der Waals surface area contributed by atoms with Crippen LogP contribution in [0.25, 0.3) is 0 Å². The van der Waals surface area contributed by atoms with E-state index in [1.165, 1.54) is 41.0 Å². The van der Waals surface area contributed by atoms with Crippen molar-refractivity contribution in [2.75, 3.05) is 6.54 Å². The van der Waals surface area contributed by atoms with E-state index in [2.05, 4.69) is 15.0 Å². The number of carbonyl (C=O) groups is 2. The molecular weight excluding hydrogens is 378 g/mol. The van der Waals surface area contributed by atoms with Crippen LogP contribution in [-0.4, -0.2) is 43.0 Å². The van der Waals surface area contributed by atoms with Gasteiger partial charge in [0.05, 0.1) is 9.90 Å². The Balaban J connectivity index is 1.53. The molecular formula is C16H17N3O5S2. The van der Waals surface area contributed by atoms with Gasteiger partial charge >= 0.3 is 5.97 Å². The number of nitrogens with zero attached hydrogens (tertiary/aromatic N) is 1. The first kappa shape index (κ1) is 18.5. The van der Waals surface area contributed by atoms with E-state index in [4.69, 9.17) is 5.11 Å². The molecule has 138 valence electrons. The number of hydrogen-bond acceptors (Lipinski definition) is 6. The highest BCUT2D eigenvalue weighted by atomic mass is 32.2. The summed E-state index contributed by atoms with van der Waals surface area (Å²) in [6, 6.07) is 5.75. The predicted molar refractivity (Wildman–Crippen MR) is 94.9 cm³/mol. The molecule has 1 fully saturated rings. The van der Waals surface area contributed by atoms with Gasteiger partial charge in [-0.25, -0.2) is 22.9 Å². The quantitative estimate of drug-likeness (QED) is 0.618. The van der Waals surface area contributed by atoms with Crippen molar-refractivity contribution in [3.05, 3.63) is 45.9 Å². The second-order valence-corrected chi connectivity index (χ2v) is 8.51. The number of benzene rings is 1. The maximum atomic E-state index is 12.1. The third kappa shape index (κ3) is 4.65. The molecule has 1 aliphatic carbocycles. The topological polar surface area (TPSA) is 125 Å². The van der Waals surface area contributed by atoms with E-state index < -0.39 is 16.0 Å². The van der Waals surface area contributed by atoms with Crippen LogP contribution in [0.4, 0.5) is 0 Å². The Morgan fingerprint density at radius 1 is 1.23 bits per heavy atom. The number of nitrogens with one attached hydrogen (secondary N) is 2. The van der Waals surface area contributed by atoms with Crippen LogP contribution >= 0.6 is 11.3 Å². The van der Waals surface area contributed by atoms with Crippen molar-refractivity contribution in [1.29, 1.82) is 0 Å². The van der Waals surface area contributed by atoms with E-state index in [1.54, 1.807) is 0 Å². The smallest absolute Gasteiger partial charge is 0.355 e. The molecule has 0 bridgehead atoms. The number of hydrogen-bond donors (Lipinski definition) is 3. The molecule has 0 unspecified atom stereocenters. The van der Waals surface area contributed by atoms with Gasteiger partial charge in [0, 0.05) is 30.0 Å². The number of aromatic nitrogens is 1. The molecule has 1 saturated carbocycles. The highest BCUT2D eigenvalue weighted by Crippen LogP contribution is 2.22. The van der Waals surface area contributed by atoms with Crippen LogP contribution in [0.3, 0.4) is 0 Å². The van der Waals surface area contributed by atoms with Crippen molar-refractivity contribution >= 4 is 33.2 Å². The predicted octanol–water partition coefficient (Wildman–Crippen LogP) is 1.25. The van der Waals surface area contributed by atoms with Crippen molar-refractivity contribution in [1.82, 2.24) is 15.0 Å². The first-order valence-electron chi connectivity index (χ1n) is 7.93. The number of amides is 1. The van der Waals surface area contributed by atoms with Crippen LogP contribution in [0.15, 0.2) is 34.5 Å². The SMILES string of the molecule is O=C(NCCc1nc(C(=O)O)cs1)c1ccc(S(=O)(=O)NC2CC2)cc1. The van der Waals surface area contributed by atoms with Gasteiger partial charge in [0.2, 0.25) is 10.0 Å². The lowest BCUT2D eigenvalue weighted by molar-refractivity contribution is 0.0690. The molecule has 10 heteroatoms. The second kappa shape index (κ2) is 7.52. The van der Waals surface area contributed by atoms with E-state index >= 15 is 0 Å². The molecule has 1 amide bonds. The molecule has 0 atom stereocenters. The van der Waals surface area contributed by atoms with Crippen LogP contribution in [0.2, 0.25) is 0 Å². The highest BCUT2D eigenvalue weighted by molar-refractivity contribution is 7.89. The van der Waals surface area contributed by atoms with Gasteiger partial charge in [-0.15, -0.1) is 11.3 Å². The number of carboxylic acid groups (broad SMARTS) is 1. The van der Waals surface area contributed by atoms with E-state index in [0.717, 1.165) is 12.8 Å². The first-order valence-corrected chi connectivity index (χ1v) is 10.3. The summed E-state index contributed by atoms with van der Waals surface area (Å²) in [4.78, 5) is 26.9. The zero-order valence-corrected chi connectivity index (χ0v) is 15.3. The number of carboxylic acids is 1. The molecule has 0 saturated heterocycles. The fourth-order valence-electron chi connectivity index (χ4n) is 2.18. The Morgan fingerprint density at radius 3 is 2.50 bits per heavy atom. The van der Waals surface area contributed by atoms with Crippen LogP contribution in [-0.2, 0) is 16.4 Å². The van der Waals surface area contributed by atoms with Crippen molar-refractivity contribution in [2.45, 2.75) is 30.2 Å². The normalized spacial score (nSPS) is 14.2. The van der Waals surface area contributed by atoms with Crippen LogP contribution < -0.4 is 10.0 Å². The summed E-state index contributed by atoms with van der Waals surface area (Å²) in [6.07, 6.45) is 2.13. The summed E-state index contributed by atoms with van der Waals surface area (Å²) in [7, 11) is -3.53. The molecule has 3 rings (SSSR count). The number of carbonyl (C=O) groups excluding carboxylic acids is 1. The van der Waals surface area contributed by atoms with Gasteiger partial charge in [-0.3, -0.25) is 4.79 Å². The zero-order valence-electron chi connectivity index (χ0n) is 13.6. The summed E-state index contributed by atoms with van der Waals surface area (Å²) < 4.78 is 26.7. The lowest BCUT2D eigenvalue weighted by Gasteiger charge is -2.07. The maximum absolute atomic E-state index is 12.1. The Kier molecular flexibility index (Phi) is 5.35. The van der Waals surface area contributed by atoms with Gasteiger partial charge in [0.25, 0.3) is 5.91 Å². The lowest BCUT2D eigenvalue weighted by Crippen LogP contribution is -2.27. The average Bonchev–Trinajstić information content (AvgIpc) is 3.27. The third-order valence-corrected chi connectivity index (χ3v) is 6.17. The Hall–Kier alpha value is -2.30. The number of rotatable bonds is 8. The van der Waals surface area contributed by atoms with Crippen LogP contribution in [0.1, 0.15) is 38.7 Å². The van der Waals surface area contributed by atoms with Gasteiger partial charge in [-0.2, -0.15) is 0 Å². The van der Waals surface area contributed by atoms with Crippen LogP contribution in [0, 0.1) is 0 Å². The van der Waals surface area contributed by atoms with Crippen molar-refractivity contribution in [3.8, 4) is 0 Å². The minimum Gasteiger partial charge on any atom is -0.476 e. The van der Waals surface area contributed by atoms with Gasteiger partial charge in [0.1, 0.15) is 0 Å². The van der Waals surface area contributed by atoms with E-state index in [0.29, 0.717) is 23.5 Å². The maximum Gasteiger partial charge on any atom is 0.355 e. The molecule has 1 heterocycles. The molecule has 0 radical (unpaired) electrons. The minimum atomic E-state index is -3.53. The summed E-state index contributed by atoms with van der Waals surface area (Å²) in [6.45, 7) is 0.300. The molecule has 26 heavy (non-hydrogen) atoms. The summed E-state index contributed by atoms with van der Waals surface area (Å²) >= 11 is 1.22. The fourth-order valence-corrected chi connectivity index (χ4v) is 4.26. The molecule has 1 aromatic carbocycles. The van der Waals surface area contributed by atoms with Crippen molar-refractivity contribution in [2.24, 2.45) is 0 Å². The first-order chi connectivity index (χ1) is 12.3. The van der Waals surface area contributed by atoms with E-state index in [-0.39, 0.29) is 22.5 Å². The average molecular weight is 395 g/mol. The van der Waals surface area contributed by atoms with Gasteiger partial charge in [-0.05, 0) is 37.1 Å². The Labute approximate surface area is 154 Å². The number of sulfonamides is 1. The molecule has 3 N–H and O–H groups in total.